The Morgan fingerprint density at radius 2 is 1.61 bits per heavy atom. The van der Waals surface area contributed by atoms with Gasteiger partial charge >= 0.3 is 0 Å². The molecule has 1 aliphatic rings. The molecule has 0 radical (unpaired) electrons. The summed E-state index contributed by atoms with van der Waals surface area (Å²) in [5.74, 6) is -1.90. The standard InChI is InChI=1S/C22H22FNO4/c1-22(2,3)20(27)17-18(14-6-10-16(25)11-7-14)24(21(28)19(17)26)12-13-4-8-15(23)9-5-13/h4-11,18,25-26H,12H2,1-3H3. The van der Waals surface area contributed by atoms with Crippen molar-refractivity contribution in [3.63, 3.8) is 0 Å². The Hall–Kier alpha value is -3.15. The van der Waals surface area contributed by atoms with Crippen molar-refractivity contribution in [2.24, 2.45) is 5.41 Å². The summed E-state index contributed by atoms with van der Waals surface area (Å²) in [5, 5.41) is 20.1. The second-order valence-electron chi connectivity index (χ2n) is 7.89. The molecular weight excluding hydrogens is 361 g/mol. The number of benzene rings is 2. The van der Waals surface area contributed by atoms with E-state index in [1.54, 1.807) is 45.0 Å². The first kappa shape index (κ1) is 19.6. The number of Topliss-reactive ketones (excluding diaryl/α,β-unsaturated/α-hetero) is 1. The Kier molecular flexibility index (Phi) is 4.98. The van der Waals surface area contributed by atoms with E-state index in [1.807, 2.05) is 0 Å². The molecule has 28 heavy (non-hydrogen) atoms. The Labute approximate surface area is 162 Å². The lowest BCUT2D eigenvalue weighted by Gasteiger charge is -2.29. The lowest BCUT2D eigenvalue weighted by atomic mass is 9.82. The molecule has 3 rings (SSSR count). The molecule has 6 heteroatoms. The van der Waals surface area contributed by atoms with Crippen molar-refractivity contribution in [3.05, 3.63) is 76.8 Å². The summed E-state index contributed by atoms with van der Waals surface area (Å²) in [7, 11) is 0. The number of carbonyl (C=O) groups is 2. The summed E-state index contributed by atoms with van der Waals surface area (Å²) in [6.07, 6.45) is 0. The molecule has 0 spiro atoms. The number of halogens is 1. The van der Waals surface area contributed by atoms with Crippen molar-refractivity contribution in [2.45, 2.75) is 33.4 Å². The number of aromatic hydroxyl groups is 1. The third kappa shape index (κ3) is 3.63. The van der Waals surface area contributed by atoms with Gasteiger partial charge in [0.05, 0.1) is 11.6 Å². The third-order valence-electron chi connectivity index (χ3n) is 4.70. The predicted octanol–water partition coefficient (Wildman–Crippen LogP) is 4.04. The number of amides is 1. The largest absolute Gasteiger partial charge is 0.508 e. The van der Waals surface area contributed by atoms with Crippen LogP contribution >= 0.6 is 0 Å². The van der Waals surface area contributed by atoms with Gasteiger partial charge < -0.3 is 15.1 Å². The Bertz CT molecular complexity index is 940. The maximum Gasteiger partial charge on any atom is 0.290 e. The van der Waals surface area contributed by atoms with Crippen LogP contribution in [-0.4, -0.2) is 26.8 Å². The minimum atomic E-state index is -0.801. The number of hydrogen-bond donors (Lipinski definition) is 2. The van der Waals surface area contributed by atoms with Crippen LogP contribution in [0.25, 0.3) is 0 Å². The van der Waals surface area contributed by atoms with E-state index in [1.165, 1.54) is 29.2 Å². The van der Waals surface area contributed by atoms with Crippen LogP contribution < -0.4 is 0 Å². The van der Waals surface area contributed by atoms with Gasteiger partial charge in [0.15, 0.2) is 11.5 Å². The number of phenolic OH excluding ortho intramolecular Hbond substituents is 1. The lowest BCUT2D eigenvalue weighted by molar-refractivity contribution is -0.130. The minimum Gasteiger partial charge on any atom is -0.508 e. The van der Waals surface area contributed by atoms with Crippen LogP contribution in [0.4, 0.5) is 4.39 Å². The quantitative estimate of drug-likeness (QED) is 0.835. The molecule has 2 aromatic rings. The van der Waals surface area contributed by atoms with Gasteiger partial charge in [-0.25, -0.2) is 4.39 Å². The summed E-state index contributed by atoms with van der Waals surface area (Å²) in [6.45, 7) is 5.25. The minimum absolute atomic E-state index is 0.0327. The molecule has 1 atom stereocenters. The van der Waals surface area contributed by atoms with Crippen LogP contribution in [-0.2, 0) is 16.1 Å². The van der Waals surface area contributed by atoms with Crippen molar-refractivity contribution in [1.82, 2.24) is 4.90 Å². The van der Waals surface area contributed by atoms with Crippen LogP contribution in [0.15, 0.2) is 59.9 Å². The summed E-state index contributed by atoms with van der Waals surface area (Å²) in [5.41, 5.74) is 0.482. The molecule has 0 saturated carbocycles. The zero-order chi connectivity index (χ0) is 20.6. The number of ketones is 1. The topological polar surface area (TPSA) is 77.8 Å². The molecule has 2 N–H and O–H groups in total. The van der Waals surface area contributed by atoms with Gasteiger partial charge in [0, 0.05) is 12.0 Å². The molecule has 146 valence electrons. The molecule has 0 aliphatic carbocycles. The fourth-order valence-electron chi connectivity index (χ4n) is 3.24. The maximum atomic E-state index is 13.2. The number of phenols is 1. The van der Waals surface area contributed by atoms with E-state index in [4.69, 9.17) is 0 Å². The number of carbonyl (C=O) groups excluding carboxylic acids is 2. The molecule has 5 nitrogen and oxygen atoms in total. The van der Waals surface area contributed by atoms with Crippen molar-refractivity contribution in [2.75, 3.05) is 0 Å². The molecule has 1 heterocycles. The van der Waals surface area contributed by atoms with Crippen molar-refractivity contribution < 1.29 is 24.2 Å². The highest BCUT2D eigenvalue weighted by Gasteiger charge is 2.45. The molecule has 0 bridgehead atoms. The molecule has 0 fully saturated rings. The number of aliphatic hydroxyl groups excluding tert-OH is 1. The Morgan fingerprint density at radius 3 is 2.14 bits per heavy atom. The van der Waals surface area contributed by atoms with Gasteiger partial charge in [-0.15, -0.1) is 0 Å². The average molecular weight is 383 g/mol. The van der Waals surface area contributed by atoms with E-state index in [0.717, 1.165) is 0 Å². The molecule has 2 aromatic carbocycles. The summed E-state index contributed by atoms with van der Waals surface area (Å²) >= 11 is 0. The van der Waals surface area contributed by atoms with Gasteiger partial charge in [-0.05, 0) is 35.4 Å². The highest BCUT2D eigenvalue weighted by Crippen LogP contribution is 2.41. The second-order valence-corrected chi connectivity index (χ2v) is 7.89. The fourth-order valence-corrected chi connectivity index (χ4v) is 3.24. The molecule has 0 aromatic heterocycles. The predicted molar refractivity (Wildman–Crippen MR) is 102 cm³/mol. The highest BCUT2D eigenvalue weighted by atomic mass is 19.1. The Balaban J connectivity index is 2.08. The number of hydrogen-bond acceptors (Lipinski definition) is 4. The number of aliphatic hydroxyl groups is 1. The zero-order valence-corrected chi connectivity index (χ0v) is 15.9. The van der Waals surface area contributed by atoms with E-state index in [9.17, 15) is 24.2 Å². The van der Waals surface area contributed by atoms with Crippen molar-refractivity contribution in [1.29, 1.82) is 0 Å². The van der Waals surface area contributed by atoms with Gasteiger partial charge in [-0.1, -0.05) is 45.0 Å². The molecule has 0 saturated heterocycles. The molecule has 1 aliphatic heterocycles. The van der Waals surface area contributed by atoms with E-state index in [2.05, 4.69) is 0 Å². The third-order valence-corrected chi connectivity index (χ3v) is 4.70. The Morgan fingerprint density at radius 1 is 1.04 bits per heavy atom. The SMILES string of the molecule is CC(C)(C)C(=O)C1=C(O)C(=O)N(Cc2ccc(F)cc2)C1c1ccc(O)cc1. The highest BCUT2D eigenvalue weighted by molar-refractivity contribution is 6.10. The zero-order valence-electron chi connectivity index (χ0n) is 15.9. The lowest BCUT2D eigenvalue weighted by Crippen LogP contribution is -2.32. The van der Waals surface area contributed by atoms with Crippen LogP contribution in [0.5, 0.6) is 5.75 Å². The van der Waals surface area contributed by atoms with Gasteiger partial charge in [-0.3, -0.25) is 9.59 Å². The van der Waals surface area contributed by atoms with Crippen LogP contribution in [0.2, 0.25) is 0 Å². The van der Waals surface area contributed by atoms with Crippen molar-refractivity contribution >= 4 is 11.7 Å². The summed E-state index contributed by atoms with van der Waals surface area (Å²) < 4.78 is 13.2. The van der Waals surface area contributed by atoms with Crippen LogP contribution in [0.1, 0.15) is 37.9 Å². The van der Waals surface area contributed by atoms with E-state index >= 15 is 0 Å². The first-order chi connectivity index (χ1) is 13.1. The smallest absolute Gasteiger partial charge is 0.290 e. The molecule has 1 amide bonds. The first-order valence-corrected chi connectivity index (χ1v) is 8.92. The van der Waals surface area contributed by atoms with Gasteiger partial charge in [0.1, 0.15) is 11.6 Å². The normalized spacial score (nSPS) is 17.4. The van der Waals surface area contributed by atoms with Gasteiger partial charge in [-0.2, -0.15) is 0 Å². The van der Waals surface area contributed by atoms with Gasteiger partial charge in [0.25, 0.3) is 5.91 Å². The summed E-state index contributed by atoms with van der Waals surface area (Å²) in [6, 6.07) is 11.0. The monoisotopic (exact) mass is 383 g/mol. The maximum absolute atomic E-state index is 13.2. The number of rotatable bonds is 4. The van der Waals surface area contributed by atoms with Crippen LogP contribution in [0.3, 0.4) is 0 Å². The number of nitrogens with zero attached hydrogens (tertiary/aromatic N) is 1. The van der Waals surface area contributed by atoms with E-state index < -0.39 is 28.9 Å². The van der Waals surface area contributed by atoms with Gasteiger partial charge in [0.2, 0.25) is 0 Å². The first-order valence-electron chi connectivity index (χ1n) is 8.92. The van der Waals surface area contributed by atoms with E-state index in [-0.39, 0.29) is 23.7 Å². The van der Waals surface area contributed by atoms with Crippen LogP contribution in [0, 0.1) is 11.2 Å². The second kappa shape index (κ2) is 7.11. The molecule has 1 unspecified atom stereocenters. The summed E-state index contributed by atoms with van der Waals surface area (Å²) in [4.78, 5) is 27.2. The molecular formula is C22H22FNO4. The van der Waals surface area contributed by atoms with E-state index in [0.29, 0.717) is 11.1 Å². The van der Waals surface area contributed by atoms with Crippen molar-refractivity contribution in [3.8, 4) is 5.75 Å². The average Bonchev–Trinajstić information content (AvgIpc) is 2.87. The fraction of sp³-hybridized carbons (Fsp3) is 0.273.